The second-order valence-corrected chi connectivity index (χ2v) is 6.74. The minimum Gasteiger partial charge on any atom is -0.355 e. The quantitative estimate of drug-likeness (QED) is 0.783. The van der Waals surface area contributed by atoms with Crippen LogP contribution in [0.15, 0.2) is 18.2 Å². The summed E-state index contributed by atoms with van der Waals surface area (Å²) in [5.74, 6) is 0.401. The summed E-state index contributed by atoms with van der Waals surface area (Å²) in [5, 5.41) is 9.14. The fraction of sp³-hybridized carbons (Fsp3) is 0.556. The maximum atomic E-state index is 13.0. The Bertz CT molecular complexity index is 635. The SMILES string of the molecule is CNC(=O)c1cccc(NC(=O)[C@@]23CCCC[C@H]2CNC3)c1C.Cl. The highest BCUT2D eigenvalue weighted by atomic mass is 35.5. The van der Waals surface area contributed by atoms with Crippen LogP contribution in [0.1, 0.15) is 41.6 Å². The van der Waals surface area contributed by atoms with Gasteiger partial charge in [-0.05, 0) is 49.9 Å². The number of carbonyl (C=O) groups is 2. The van der Waals surface area contributed by atoms with E-state index in [1.165, 1.54) is 6.42 Å². The second kappa shape index (κ2) is 7.53. The van der Waals surface area contributed by atoms with Gasteiger partial charge in [0.1, 0.15) is 0 Å². The molecule has 0 bridgehead atoms. The van der Waals surface area contributed by atoms with Crippen molar-refractivity contribution in [2.24, 2.45) is 11.3 Å². The molecular weight excluding hydrogens is 326 g/mol. The predicted octanol–water partition coefficient (Wildman–Crippen LogP) is 2.49. The van der Waals surface area contributed by atoms with Crippen LogP contribution in [0, 0.1) is 18.3 Å². The summed E-state index contributed by atoms with van der Waals surface area (Å²) in [6.45, 7) is 3.57. The monoisotopic (exact) mass is 351 g/mol. The lowest BCUT2D eigenvalue weighted by atomic mass is 9.67. The van der Waals surface area contributed by atoms with E-state index in [1.807, 2.05) is 19.1 Å². The first kappa shape index (κ1) is 18.7. The van der Waals surface area contributed by atoms with Crippen molar-refractivity contribution in [1.82, 2.24) is 10.6 Å². The van der Waals surface area contributed by atoms with E-state index in [2.05, 4.69) is 16.0 Å². The molecule has 0 aromatic heterocycles. The fourth-order valence-corrected chi connectivity index (χ4v) is 4.09. The zero-order valence-corrected chi connectivity index (χ0v) is 15.1. The molecule has 1 aromatic rings. The van der Waals surface area contributed by atoms with Crippen molar-refractivity contribution in [2.45, 2.75) is 32.6 Å². The molecular formula is C18H26ClN3O2. The molecule has 3 N–H and O–H groups in total. The van der Waals surface area contributed by atoms with Crippen molar-refractivity contribution in [3.8, 4) is 0 Å². The molecule has 1 aliphatic carbocycles. The Labute approximate surface area is 149 Å². The minimum absolute atomic E-state index is 0. The summed E-state index contributed by atoms with van der Waals surface area (Å²) < 4.78 is 0. The van der Waals surface area contributed by atoms with Gasteiger partial charge in [-0.2, -0.15) is 0 Å². The summed E-state index contributed by atoms with van der Waals surface area (Å²) in [5.41, 5.74) is 1.87. The van der Waals surface area contributed by atoms with Crippen molar-refractivity contribution >= 4 is 29.9 Å². The third-order valence-corrected chi connectivity index (χ3v) is 5.54. The van der Waals surface area contributed by atoms with Crippen molar-refractivity contribution in [1.29, 1.82) is 0 Å². The average Bonchev–Trinajstić information content (AvgIpc) is 3.01. The number of carbonyl (C=O) groups excluding carboxylic acids is 2. The first-order chi connectivity index (χ1) is 11.1. The topological polar surface area (TPSA) is 70.2 Å². The van der Waals surface area contributed by atoms with Gasteiger partial charge in [-0.25, -0.2) is 0 Å². The number of hydrogen-bond acceptors (Lipinski definition) is 3. The molecule has 5 nitrogen and oxygen atoms in total. The van der Waals surface area contributed by atoms with Gasteiger partial charge in [0, 0.05) is 24.8 Å². The zero-order chi connectivity index (χ0) is 16.4. The van der Waals surface area contributed by atoms with Gasteiger partial charge in [-0.1, -0.05) is 18.9 Å². The zero-order valence-electron chi connectivity index (χ0n) is 14.3. The van der Waals surface area contributed by atoms with Crippen molar-refractivity contribution < 1.29 is 9.59 Å². The Morgan fingerprint density at radius 2 is 2.08 bits per heavy atom. The molecule has 2 aliphatic rings. The third kappa shape index (κ3) is 3.15. The van der Waals surface area contributed by atoms with Crippen LogP contribution in [0.4, 0.5) is 5.69 Å². The van der Waals surface area contributed by atoms with Gasteiger partial charge in [0.25, 0.3) is 5.91 Å². The average molecular weight is 352 g/mol. The van der Waals surface area contributed by atoms with Gasteiger partial charge < -0.3 is 16.0 Å². The standard InChI is InChI=1S/C18H25N3O2.ClH/c1-12-14(16(22)19-2)7-5-8-15(12)21-17(23)18-9-4-3-6-13(18)10-20-11-18;/h5,7-8,13,20H,3-4,6,9-11H2,1-2H3,(H,19,22)(H,21,23);1H/t13-,18+;/m0./s1. The molecule has 1 heterocycles. The summed E-state index contributed by atoms with van der Waals surface area (Å²) in [6, 6.07) is 5.47. The van der Waals surface area contributed by atoms with E-state index in [1.54, 1.807) is 13.1 Å². The lowest BCUT2D eigenvalue weighted by Gasteiger charge is -2.37. The summed E-state index contributed by atoms with van der Waals surface area (Å²) in [7, 11) is 1.61. The van der Waals surface area contributed by atoms with E-state index >= 15 is 0 Å². The summed E-state index contributed by atoms with van der Waals surface area (Å²) in [6.07, 6.45) is 4.40. The predicted molar refractivity (Wildman–Crippen MR) is 97.7 cm³/mol. The van der Waals surface area contributed by atoms with E-state index in [0.29, 0.717) is 11.5 Å². The van der Waals surface area contributed by atoms with E-state index in [-0.39, 0.29) is 29.6 Å². The number of nitrogens with one attached hydrogen (secondary N) is 3. The highest BCUT2D eigenvalue weighted by Crippen LogP contribution is 2.44. The molecule has 1 aliphatic heterocycles. The van der Waals surface area contributed by atoms with Crippen molar-refractivity contribution in [3.63, 3.8) is 0 Å². The van der Waals surface area contributed by atoms with E-state index in [9.17, 15) is 9.59 Å². The molecule has 132 valence electrons. The Kier molecular flexibility index (Phi) is 5.88. The van der Waals surface area contributed by atoms with Crippen LogP contribution < -0.4 is 16.0 Å². The number of hydrogen-bond donors (Lipinski definition) is 3. The van der Waals surface area contributed by atoms with Gasteiger partial charge in [-0.3, -0.25) is 9.59 Å². The maximum absolute atomic E-state index is 13.0. The van der Waals surface area contributed by atoms with E-state index < -0.39 is 0 Å². The molecule has 2 fully saturated rings. The third-order valence-electron chi connectivity index (χ3n) is 5.54. The number of amides is 2. The van der Waals surface area contributed by atoms with E-state index in [4.69, 9.17) is 0 Å². The van der Waals surface area contributed by atoms with Gasteiger partial charge in [0.05, 0.1) is 5.41 Å². The van der Waals surface area contributed by atoms with Gasteiger partial charge >= 0.3 is 0 Å². The van der Waals surface area contributed by atoms with Crippen molar-refractivity contribution in [2.75, 3.05) is 25.5 Å². The largest absolute Gasteiger partial charge is 0.355 e. The first-order valence-corrected chi connectivity index (χ1v) is 8.42. The Balaban J connectivity index is 0.00000208. The Morgan fingerprint density at radius 3 is 2.83 bits per heavy atom. The molecule has 0 unspecified atom stereocenters. The van der Waals surface area contributed by atoms with Crippen LogP contribution in [0.5, 0.6) is 0 Å². The second-order valence-electron chi connectivity index (χ2n) is 6.74. The fourth-order valence-electron chi connectivity index (χ4n) is 4.09. The van der Waals surface area contributed by atoms with Crippen LogP contribution in [0.2, 0.25) is 0 Å². The first-order valence-electron chi connectivity index (χ1n) is 8.42. The van der Waals surface area contributed by atoms with Crippen LogP contribution in [-0.4, -0.2) is 32.0 Å². The molecule has 3 rings (SSSR count). The minimum atomic E-state index is -0.284. The smallest absolute Gasteiger partial charge is 0.251 e. The van der Waals surface area contributed by atoms with Crippen LogP contribution in [0.25, 0.3) is 0 Å². The van der Waals surface area contributed by atoms with Crippen LogP contribution in [0.3, 0.4) is 0 Å². The lowest BCUT2D eigenvalue weighted by molar-refractivity contribution is -0.128. The molecule has 0 spiro atoms. The summed E-state index contributed by atoms with van der Waals surface area (Å²) in [4.78, 5) is 24.9. The lowest BCUT2D eigenvalue weighted by Crippen LogP contribution is -2.44. The van der Waals surface area contributed by atoms with Gasteiger partial charge in [0.15, 0.2) is 0 Å². The van der Waals surface area contributed by atoms with Crippen LogP contribution >= 0.6 is 12.4 Å². The maximum Gasteiger partial charge on any atom is 0.251 e. The normalized spacial score (nSPS) is 25.3. The molecule has 0 radical (unpaired) electrons. The number of benzene rings is 1. The molecule has 1 aromatic carbocycles. The highest BCUT2D eigenvalue weighted by molar-refractivity contribution is 6.00. The molecule has 1 saturated heterocycles. The molecule has 2 atom stereocenters. The van der Waals surface area contributed by atoms with Gasteiger partial charge in [0.2, 0.25) is 5.91 Å². The summed E-state index contributed by atoms with van der Waals surface area (Å²) >= 11 is 0. The van der Waals surface area contributed by atoms with E-state index in [0.717, 1.165) is 43.6 Å². The van der Waals surface area contributed by atoms with Crippen molar-refractivity contribution in [3.05, 3.63) is 29.3 Å². The number of halogens is 1. The van der Waals surface area contributed by atoms with Gasteiger partial charge in [-0.15, -0.1) is 12.4 Å². The number of anilines is 1. The molecule has 6 heteroatoms. The molecule has 24 heavy (non-hydrogen) atoms. The Hall–Kier alpha value is -1.59. The Morgan fingerprint density at radius 1 is 1.29 bits per heavy atom. The molecule has 1 saturated carbocycles. The highest BCUT2D eigenvalue weighted by Gasteiger charge is 2.49. The number of rotatable bonds is 3. The molecule has 2 amide bonds. The van der Waals surface area contributed by atoms with Crippen LogP contribution in [-0.2, 0) is 4.79 Å². The number of fused-ring (bicyclic) bond motifs is 1.